The number of nitrogens with zero attached hydrogens (tertiary/aromatic N) is 1. The zero-order valence-electron chi connectivity index (χ0n) is 18.5. The number of thioether (sulfide) groups is 1. The van der Waals surface area contributed by atoms with Crippen LogP contribution < -0.4 is 14.8 Å². The second kappa shape index (κ2) is 11.4. The SMILES string of the molecule is COc1cc(/C=C2\SC(=Nc3cccc(C)c3)NC2=O)c(Br)c(Br)c1OCc1ccc(Cl)c(Cl)c1. The number of benzene rings is 3. The van der Waals surface area contributed by atoms with Crippen LogP contribution in [-0.2, 0) is 11.4 Å². The molecule has 180 valence electrons. The van der Waals surface area contributed by atoms with Crippen molar-refractivity contribution in [3.8, 4) is 11.5 Å². The Morgan fingerprint density at radius 3 is 2.60 bits per heavy atom. The largest absolute Gasteiger partial charge is 0.493 e. The Kier molecular flexibility index (Phi) is 8.50. The third kappa shape index (κ3) is 6.24. The number of hydrogen-bond acceptors (Lipinski definition) is 5. The number of carbonyl (C=O) groups is 1. The molecule has 0 atom stereocenters. The van der Waals surface area contributed by atoms with Crippen LogP contribution in [0.3, 0.4) is 0 Å². The minimum Gasteiger partial charge on any atom is -0.493 e. The van der Waals surface area contributed by atoms with Gasteiger partial charge in [-0.3, -0.25) is 4.79 Å². The van der Waals surface area contributed by atoms with Crippen LogP contribution in [-0.4, -0.2) is 18.2 Å². The summed E-state index contributed by atoms with van der Waals surface area (Å²) < 4.78 is 13.0. The van der Waals surface area contributed by atoms with E-state index in [-0.39, 0.29) is 12.5 Å². The zero-order chi connectivity index (χ0) is 25.1. The molecule has 10 heteroatoms. The lowest BCUT2D eigenvalue weighted by Crippen LogP contribution is -2.19. The summed E-state index contributed by atoms with van der Waals surface area (Å²) >= 11 is 20.6. The number of methoxy groups -OCH3 is 1. The summed E-state index contributed by atoms with van der Waals surface area (Å²) in [5.41, 5.74) is 3.47. The monoisotopic (exact) mass is 654 g/mol. The van der Waals surface area contributed by atoms with Gasteiger partial charge in [0.15, 0.2) is 16.7 Å². The molecule has 0 radical (unpaired) electrons. The van der Waals surface area contributed by atoms with Crippen molar-refractivity contribution in [3.05, 3.63) is 89.1 Å². The molecule has 0 aromatic heterocycles. The van der Waals surface area contributed by atoms with Gasteiger partial charge in [0, 0.05) is 4.47 Å². The highest BCUT2D eigenvalue weighted by atomic mass is 79.9. The molecule has 0 unspecified atom stereocenters. The van der Waals surface area contributed by atoms with Gasteiger partial charge >= 0.3 is 0 Å². The Labute approximate surface area is 234 Å². The van der Waals surface area contributed by atoms with Gasteiger partial charge in [0.05, 0.1) is 32.2 Å². The molecule has 0 aliphatic carbocycles. The van der Waals surface area contributed by atoms with Crippen molar-refractivity contribution in [1.29, 1.82) is 0 Å². The molecule has 1 N–H and O–H groups in total. The third-order valence-corrected chi connectivity index (χ3v) is 8.70. The molecule has 3 aromatic rings. The van der Waals surface area contributed by atoms with Crippen molar-refractivity contribution >= 4 is 89.7 Å². The summed E-state index contributed by atoms with van der Waals surface area (Å²) in [6.45, 7) is 2.26. The summed E-state index contributed by atoms with van der Waals surface area (Å²) in [5.74, 6) is 0.796. The van der Waals surface area contributed by atoms with Crippen LogP contribution in [0, 0.1) is 6.92 Å². The van der Waals surface area contributed by atoms with Crippen LogP contribution >= 0.6 is 66.8 Å². The fourth-order valence-corrected chi connectivity index (χ4v) is 5.32. The fourth-order valence-electron chi connectivity index (χ4n) is 3.22. The Balaban J connectivity index is 1.59. The quantitative estimate of drug-likeness (QED) is 0.271. The average Bonchev–Trinajstić information content (AvgIpc) is 3.16. The summed E-state index contributed by atoms with van der Waals surface area (Å²) in [5, 5.41) is 4.28. The summed E-state index contributed by atoms with van der Waals surface area (Å²) in [6, 6.07) is 14.9. The Bertz CT molecular complexity index is 1380. The van der Waals surface area contributed by atoms with Crippen molar-refractivity contribution in [2.45, 2.75) is 13.5 Å². The number of nitrogens with one attached hydrogen (secondary N) is 1. The first-order valence-electron chi connectivity index (χ1n) is 10.2. The molecule has 3 aromatic carbocycles. The molecule has 1 aliphatic heterocycles. The zero-order valence-corrected chi connectivity index (χ0v) is 24.0. The van der Waals surface area contributed by atoms with Crippen LogP contribution in [0.15, 0.2) is 67.4 Å². The van der Waals surface area contributed by atoms with Crippen LogP contribution in [0.4, 0.5) is 5.69 Å². The van der Waals surface area contributed by atoms with Crippen molar-refractivity contribution in [3.63, 3.8) is 0 Å². The molecule has 35 heavy (non-hydrogen) atoms. The van der Waals surface area contributed by atoms with E-state index in [9.17, 15) is 4.79 Å². The predicted molar refractivity (Wildman–Crippen MR) is 151 cm³/mol. The first-order valence-corrected chi connectivity index (χ1v) is 13.4. The van der Waals surface area contributed by atoms with E-state index in [0.717, 1.165) is 22.4 Å². The third-order valence-electron chi connectivity index (χ3n) is 4.91. The fraction of sp³-hybridized carbons (Fsp3) is 0.120. The average molecular weight is 657 g/mol. The minimum atomic E-state index is -0.219. The van der Waals surface area contributed by atoms with Gasteiger partial charge < -0.3 is 14.8 Å². The van der Waals surface area contributed by atoms with E-state index in [2.05, 4.69) is 42.2 Å². The first-order chi connectivity index (χ1) is 16.7. The van der Waals surface area contributed by atoms with Gasteiger partial charge in [-0.2, -0.15) is 0 Å². The summed E-state index contributed by atoms with van der Waals surface area (Å²) in [7, 11) is 1.56. The van der Waals surface area contributed by atoms with Crippen molar-refractivity contribution in [1.82, 2.24) is 5.32 Å². The number of carbonyl (C=O) groups excluding carboxylic acids is 1. The number of rotatable bonds is 6. The van der Waals surface area contributed by atoms with Crippen LogP contribution in [0.1, 0.15) is 16.7 Å². The smallest absolute Gasteiger partial charge is 0.264 e. The number of amides is 1. The maximum absolute atomic E-state index is 12.6. The standard InChI is InChI=1S/C25H18Br2Cl2N2O3S/c1-13-4-3-5-16(8-13)30-25-31-24(32)20(35-25)11-15-10-19(33-2)23(22(27)21(15)26)34-12-14-6-7-17(28)18(29)9-14/h3-11H,12H2,1-2H3,(H,30,31,32)/b20-11-. The molecule has 1 saturated heterocycles. The van der Waals surface area contributed by atoms with Gasteiger partial charge in [0.2, 0.25) is 0 Å². The number of hydrogen-bond donors (Lipinski definition) is 1. The summed E-state index contributed by atoms with van der Waals surface area (Å²) in [6.07, 6.45) is 1.78. The van der Waals surface area contributed by atoms with Crippen LogP contribution in [0.5, 0.6) is 11.5 Å². The molecular formula is C25H18Br2Cl2N2O3S. The van der Waals surface area contributed by atoms with Crippen molar-refractivity contribution < 1.29 is 14.3 Å². The predicted octanol–water partition coefficient (Wildman–Crippen LogP) is 8.31. The molecular weight excluding hydrogens is 639 g/mol. The molecule has 0 saturated carbocycles. The van der Waals surface area contributed by atoms with E-state index in [1.807, 2.05) is 37.3 Å². The van der Waals surface area contributed by atoms with Crippen molar-refractivity contribution in [2.24, 2.45) is 4.99 Å². The summed E-state index contributed by atoms with van der Waals surface area (Å²) in [4.78, 5) is 17.6. The lowest BCUT2D eigenvalue weighted by Gasteiger charge is -2.16. The Hall–Kier alpha value is -1.97. The lowest BCUT2D eigenvalue weighted by molar-refractivity contribution is -0.115. The van der Waals surface area contributed by atoms with Gasteiger partial charge in [-0.15, -0.1) is 0 Å². The number of aryl methyl sites for hydroxylation is 1. The van der Waals surface area contributed by atoms with Crippen molar-refractivity contribution in [2.75, 3.05) is 7.11 Å². The molecule has 1 heterocycles. The van der Waals surface area contributed by atoms with Gasteiger partial charge in [0.25, 0.3) is 5.91 Å². The molecule has 0 spiro atoms. The normalized spacial score (nSPS) is 15.5. The van der Waals surface area contributed by atoms with Gasteiger partial charge in [-0.05, 0) is 104 Å². The van der Waals surface area contributed by atoms with Crippen LogP contribution in [0.25, 0.3) is 6.08 Å². The highest BCUT2D eigenvalue weighted by Gasteiger charge is 2.25. The van der Waals surface area contributed by atoms with E-state index in [4.69, 9.17) is 32.7 Å². The number of aliphatic imine (C=N–C) groups is 1. The van der Waals surface area contributed by atoms with Crippen LogP contribution in [0.2, 0.25) is 10.0 Å². The van der Waals surface area contributed by atoms with E-state index >= 15 is 0 Å². The number of amidine groups is 1. The van der Waals surface area contributed by atoms with E-state index < -0.39 is 0 Å². The second-order valence-corrected chi connectivity index (χ2v) is 10.9. The van der Waals surface area contributed by atoms with E-state index in [1.54, 1.807) is 31.4 Å². The molecule has 4 rings (SSSR count). The highest BCUT2D eigenvalue weighted by Crippen LogP contribution is 2.44. The van der Waals surface area contributed by atoms with Gasteiger partial charge in [0.1, 0.15) is 6.61 Å². The molecule has 5 nitrogen and oxygen atoms in total. The van der Waals surface area contributed by atoms with E-state index in [1.165, 1.54) is 11.8 Å². The minimum absolute atomic E-state index is 0.219. The van der Waals surface area contributed by atoms with E-state index in [0.29, 0.717) is 40.6 Å². The Morgan fingerprint density at radius 2 is 1.89 bits per heavy atom. The molecule has 1 fully saturated rings. The number of halogens is 4. The maximum atomic E-state index is 12.6. The van der Waals surface area contributed by atoms with Gasteiger partial charge in [-0.25, -0.2) is 4.99 Å². The highest BCUT2D eigenvalue weighted by molar-refractivity contribution is 9.13. The molecule has 0 bridgehead atoms. The van der Waals surface area contributed by atoms with Gasteiger partial charge in [-0.1, -0.05) is 41.4 Å². The second-order valence-electron chi connectivity index (χ2n) is 7.48. The maximum Gasteiger partial charge on any atom is 0.264 e. The molecule has 1 aliphatic rings. The molecule has 1 amide bonds. The Morgan fingerprint density at radius 1 is 1.09 bits per heavy atom. The first kappa shape index (κ1) is 26.1. The number of ether oxygens (including phenoxy) is 2. The lowest BCUT2D eigenvalue weighted by atomic mass is 10.1. The topological polar surface area (TPSA) is 59.9 Å².